The van der Waals surface area contributed by atoms with Gasteiger partial charge in [0.05, 0.1) is 0 Å². The lowest BCUT2D eigenvalue weighted by Crippen LogP contribution is -2.34. The van der Waals surface area contributed by atoms with Crippen molar-refractivity contribution in [3.8, 4) is 0 Å². The van der Waals surface area contributed by atoms with E-state index in [0.717, 1.165) is 26.1 Å². The Morgan fingerprint density at radius 1 is 1.00 bits per heavy atom. The molecule has 0 aromatic heterocycles. The molecule has 1 aromatic rings. The largest absolute Gasteiger partial charge is 0.313 e. The molecule has 0 aliphatic heterocycles. The van der Waals surface area contributed by atoms with E-state index in [1.54, 1.807) is 0 Å². The standard InChI is InChI=1S/C17H31N3/c1-5-12-20(15-14-19(3)4)13-11-17(18-2)16-9-7-6-8-10-16/h6-10,17-18H,5,11-15H2,1-4H3. The van der Waals surface area contributed by atoms with Crippen molar-refractivity contribution in [2.24, 2.45) is 0 Å². The molecule has 1 unspecified atom stereocenters. The van der Waals surface area contributed by atoms with E-state index in [2.05, 4.69) is 73.5 Å². The van der Waals surface area contributed by atoms with Crippen LogP contribution in [-0.4, -0.2) is 57.1 Å². The maximum atomic E-state index is 3.44. The second kappa shape index (κ2) is 9.92. The molecule has 0 fully saturated rings. The second-order valence-electron chi connectivity index (χ2n) is 5.69. The quantitative estimate of drug-likeness (QED) is 0.709. The third-order valence-corrected chi connectivity index (χ3v) is 3.69. The van der Waals surface area contributed by atoms with Crippen LogP contribution in [0.5, 0.6) is 0 Å². The van der Waals surface area contributed by atoms with E-state index in [1.165, 1.54) is 18.5 Å². The summed E-state index contributed by atoms with van der Waals surface area (Å²) in [5.41, 5.74) is 1.39. The fourth-order valence-corrected chi connectivity index (χ4v) is 2.47. The lowest BCUT2D eigenvalue weighted by atomic mass is 10.0. The number of nitrogens with one attached hydrogen (secondary N) is 1. The van der Waals surface area contributed by atoms with Crippen LogP contribution in [0.1, 0.15) is 31.4 Å². The minimum atomic E-state index is 0.454. The molecule has 20 heavy (non-hydrogen) atoms. The summed E-state index contributed by atoms with van der Waals surface area (Å²) in [6, 6.07) is 11.2. The van der Waals surface area contributed by atoms with Crippen molar-refractivity contribution in [1.29, 1.82) is 0 Å². The minimum absolute atomic E-state index is 0.454. The number of benzene rings is 1. The summed E-state index contributed by atoms with van der Waals surface area (Å²) >= 11 is 0. The first-order valence-corrected chi connectivity index (χ1v) is 7.76. The highest BCUT2D eigenvalue weighted by molar-refractivity contribution is 5.18. The lowest BCUT2D eigenvalue weighted by Gasteiger charge is -2.26. The van der Waals surface area contributed by atoms with Crippen LogP contribution in [0.4, 0.5) is 0 Å². The third kappa shape index (κ3) is 6.51. The first-order valence-electron chi connectivity index (χ1n) is 7.76. The predicted molar refractivity (Wildman–Crippen MR) is 88.1 cm³/mol. The van der Waals surface area contributed by atoms with E-state index in [0.29, 0.717) is 6.04 Å². The second-order valence-corrected chi connectivity index (χ2v) is 5.69. The molecule has 1 atom stereocenters. The molecule has 0 radical (unpaired) electrons. The van der Waals surface area contributed by atoms with E-state index in [9.17, 15) is 0 Å². The summed E-state index contributed by atoms with van der Waals surface area (Å²) in [7, 11) is 6.34. The number of rotatable bonds is 10. The maximum absolute atomic E-state index is 3.44. The van der Waals surface area contributed by atoms with Gasteiger partial charge < -0.3 is 15.1 Å². The van der Waals surface area contributed by atoms with Gasteiger partial charge in [0, 0.05) is 19.1 Å². The van der Waals surface area contributed by atoms with E-state index in [-0.39, 0.29) is 0 Å². The zero-order chi connectivity index (χ0) is 14.8. The maximum Gasteiger partial charge on any atom is 0.0329 e. The van der Waals surface area contributed by atoms with Crippen molar-refractivity contribution in [3.63, 3.8) is 0 Å². The number of hydrogen-bond donors (Lipinski definition) is 1. The average molecular weight is 277 g/mol. The van der Waals surface area contributed by atoms with Crippen molar-refractivity contribution >= 4 is 0 Å². The molecule has 0 aliphatic rings. The summed E-state index contributed by atoms with van der Waals surface area (Å²) in [5.74, 6) is 0. The summed E-state index contributed by atoms with van der Waals surface area (Å²) in [5, 5.41) is 3.44. The van der Waals surface area contributed by atoms with Gasteiger partial charge in [-0.2, -0.15) is 0 Å². The van der Waals surface area contributed by atoms with Crippen LogP contribution in [0, 0.1) is 0 Å². The summed E-state index contributed by atoms with van der Waals surface area (Å²) in [6.07, 6.45) is 2.39. The average Bonchev–Trinajstić information content (AvgIpc) is 2.46. The Bertz CT molecular complexity index is 337. The third-order valence-electron chi connectivity index (χ3n) is 3.69. The Balaban J connectivity index is 2.47. The van der Waals surface area contributed by atoms with Gasteiger partial charge in [-0.05, 0) is 52.6 Å². The molecule has 0 saturated carbocycles. The van der Waals surface area contributed by atoms with Gasteiger partial charge in [-0.25, -0.2) is 0 Å². The molecule has 0 bridgehead atoms. The Kier molecular flexibility index (Phi) is 8.51. The normalized spacial score (nSPS) is 13.1. The molecule has 1 aromatic carbocycles. The van der Waals surface area contributed by atoms with Crippen LogP contribution in [-0.2, 0) is 0 Å². The fourth-order valence-electron chi connectivity index (χ4n) is 2.47. The van der Waals surface area contributed by atoms with E-state index >= 15 is 0 Å². The van der Waals surface area contributed by atoms with Crippen LogP contribution >= 0.6 is 0 Å². The van der Waals surface area contributed by atoms with Crippen molar-refractivity contribution in [3.05, 3.63) is 35.9 Å². The minimum Gasteiger partial charge on any atom is -0.313 e. The molecular formula is C17H31N3. The van der Waals surface area contributed by atoms with Gasteiger partial charge in [-0.1, -0.05) is 37.3 Å². The number of nitrogens with zero attached hydrogens (tertiary/aromatic N) is 2. The Labute approximate surface area is 125 Å². The highest BCUT2D eigenvalue weighted by Crippen LogP contribution is 2.16. The van der Waals surface area contributed by atoms with Gasteiger partial charge in [-0.15, -0.1) is 0 Å². The molecule has 0 aliphatic carbocycles. The zero-order valence-electron chi connectivity index (χ0n) is 13.6. The predicted octanol–water partition coefficient (Wildman–Crippen LogP) is 2.61. The Morgan fingerprint density at radius 3 is 2.25 bits per heavy atom. The highest BCUT2D eigenvalue weighted by atomic mass is 15.2. The SMILES string of the molecule is CCCN(CCC(NC)c1ccccc1)CCN(C)C. The van der Waals surface area contributed by atoms with Crippen molar-refractivity contribution in [2.75, 3.05) is 47.3 Å². The van der Waals surface area contributed by atoms with Gasteiger partial charge >= 0.3 is 0 Å². The molecule has 3 heteroatoms. The van der Waals surface area contributed by atoms with Crippen LogP contribution in [0.2, 0.25) is 0 Å². The first-order chi connectivity index (χ1) is 9.67. The topological polar surface area (TPSA) is 18.5 Å². The Hall–Kier alpha value is -0.900. The molecule has 1 rings (SSSR count). The van der Waals surface area contributed by atoms with Gasteiger partial charge in [0.25, 0.3) is 0 Å². The van der Waals surface area contributed by atoms with Gasteiger partial charge in [0.1, 0.15) is 0 Å². The van der Waals surface area contributed by atoms with E-state index in [1.807, 2.05) is 0 Å². The highest BCUT2D eigenvalue weighted by Gasteiger charge is 2.11. The molecule has 0 heterocycles. The van der Waals surface area contributed by atoms with Crippen molar-refractivity contribution in [2.45, 2.75) is 25.8 Å². The molecule has 1 N–H and O–H groups in total. The molecule has 0 amide bonds. The smallest absolute Gasteiger partial charge is 0.0329 e. The summed E-state index contributed by atoms with van der Waals surface area (Å²) < 4.78 is 0. The number of likely N-dealkylation sites (N-methyl/N-ethyl adjacent to an activating group) is 1. The van der Waals surface area contributed by atoms with Gasteiger partial charge in [0.2, 0.25) is 0 Å². The van der Waals surface area contributed by atoms with Crippen LogP contribution < -0.4 is 5.32 Å². The number of hydrogen-bond acceptors (Lipinski definition) is 3. The first kappa shape index (κ1) is 17.2. The van der Waals surface area contributed by atoms with Crippen LogP contribution in [0.25, 0.3) is 0 Å². The van der Waals surface area contributed by atoms with Gasteiger partial charge in [-0.3, -0.25) is 0 Å². The van der Waals surface area contributed by atoms with Gasteiger partial charge in [0.15, 0.2) is 0 Å². The van der Waals surface area contributed by atoms with E-state index < -0.39 is 0 Å². The Morgan fingerprint density at radius 2 is 1.70 bits per heavy atom. The van der Waals surface area contributed by atoms with Crippen LogP contribution in [0.15, 0.2) is 30.3 Å². The molecule has 3 nitrogen and oxygen atoms in total. The molecular weight excluding hydrogens is 246 g/mol. The molecule has 0 saturated heterocycles. The van der Waals surface area contributed by atoms with Crippen molar-refractivity contribution in [1.82, 2.24) is 15.1 Å². The lowest BCUT2D eigenvalue weighted by molar-refractivity contribution is 0.230. The fraction of sp³-hybridized carbons (Fsp3) is 0.647. The summed E-state index contributed by atoms with van der Waals surface area (Å²) in [4.78, 5) is 4.84. The van der Waals surface area contributed by atoms with Crippen LogP contribution in [0.3, 0.4) is 0 Å². The molecule has 114 valence electrons. The summed E-state index contributed by atoms with van der Waals surface area (Å²) in [6.45, 7) is 6.90. The monoisotopic (exact) mass is 277 g/mol. The van der Waals surface area contributed by atoms with Crippen molar-refractivity contribution < 1.29 is 0 Å². The van der Waals surface area contributed by atoms with E-state index in [4.69, 9.17) is 0 Å². The zero-order valence-corrected chi connectivity index (χ0v) is 13.6. The molecule has 0 spiro atoms.